The molecule has 0 radical (unpaired) electrons. The number of sulfonamides is 1. The molecule has 1 saturated heterocycles. The van der Waals surface area contributed by atoms with Crippen molar-refractivity contribution in [2.45, 2.75) is 24.0 Å². The van der Waals surface area contributed by atoms with Crippen molar-refractivity contribution in [3.8, 4) is 0 Å². The first-order valence-electron chi connectivity index (χ1n) is 5.86. The predicted octanol–water partition coefficient (Wildman–Crippen LogP) is 2.60. The number of nitrogens with one attached hydrogen (secondary N) is 2. The third kappa shape index (κ3) is 4.41. The lowest BCUT2D eigenvalue weighted by atomic mass is 9.81. The molecule has 1 fully saturated rings. The van der Waals surface area contributed by atoms with Crippen molar-refractivity contribution in [3.05, 3.63) is 15.9 Å². The SMILES string of the molecule is CC1(CNS(=O)(=O)c2sccc2Br)CCNCC1.Cl. The highest BCUT2D eigenvalue weighted by Crippen LogP contribution is 2.30. The Kier molecular flexibility index (Phi) is 6.28. The summed E-state index contributed by atoms with van der Waals surface area (Å²) < 4.78 is 28.0. The summed E-state index contributed by atoms with van der Waals surface area (Å²) in [5, 5.41) is 5.06. The highest BCUT2D eigenvalue weighted by atomic mass is 79.9. The Bertz CT molecular complexity index is 513. The van der Waals surface area contributed by atoms with Gasteiger partial charge in [-0.2, -0.15) is 0 Å². The van der Waals surface area contributed by atoms with E-state index in [1.54, 1.807) is 11.4 Å². The summed E-state index contributed by atoms with van der Waals surface area (Å²) in [5.41, 5.74) is 0.0576. The summed E-state index contributed by atoms with van der Waals surface area (Å²) >= 11 is 4.50. The summed E-state index contributed by atoms with van der Waals surface area (Å²) in [6.07, 6.45) is 2.00. The molecule has 1 aliphatic rings. The summed E-state index contributed by atoms with van der Waals surface area (Å²) in [6.45, 7) is 4.56. The van der Waals surface area contributed by atoms with Gasteiger partial charge in [0.25, 0.3) is 10.0 Å². The Morgan fingerprint density at radius 2 is 2.11 bits per heavy atom. The van der Waals surface area contributed by atoms with Gasteiger partial charge in [-0.05, 0) is 58.7 Å². The zero-order chi connectivity index (χ0) is 13.2. The van der Waals surface area contributed by atoms with E-state index in [1.165, 1.54) is 11.3 Å². The van der Waals surface area contributed by atoms with Gasteiger partial charge in [0.15, 0.2) is 0 Å². The zero-order valence-electron chi connectivity index (χ0n) is 10.6. The molecule has 4 nitrogen and oxygen atoms in total. The van der Waals surface area contributed by atoms with Gasteiger partial charge >= 0.3 is 0 Å². The first kappa shape index (κ1) is 17.4. The van der Waals surface area contributed by atoms with Crippen LogP contribution in [0.3, 0.4) is 0 Å². The maximum Gasteiger partial charge on any atom is 0.251 e. The summed E-state index contributed by atoms with van der Waals surface area (Å²) in [6, 6.07) is 1.76. The van der Waals surface area contributed by atoms with E-state index >= 15 is 0 Å². The quantitative estimate of drug-likeness (QED) is 0.832. The van der Waals surface area contributed by atoms with Gasteiger partial charge < -0.3 is 5.32 Å². The fourth-order valence-electron chi connectivity index (χ4n) is 2.01. The lowest BCUT2D eigenvalue weighted by Crippen LogP contribution is -2.42. The van der Waals surface area contributed by atoms with Crippen molar-refractivity contribution in [2.24, 2.45) is 5.41 Å². The molecule has 8 heteroatoms. The van der Waals surface area contributed by atoms with Crippen molar-refractivity contribution < 1.29 is 8.42 Å². The predicted molar refractivity (Wildman–Crippen MR) is 84.7 cm³/mol. The number of thiophene rings is 1. The molecule has 0 aromatic carbocycles. The van der Waals surface area contributed by atoms with Crippen LogP contribution in [-0.2, 0) is 10.0 Å². The summed E-state index contributed by atoms with van der Waals surface area (Å²) in [5.74, 6) is 0. The molecule has 0 bridgehead atoms. The second-order valence-electron chi connectivity index (χ2n) is 4.94. The zero-order valence-corrected chi connectivity index (χ0v) is 14.6. The third-order valence-electron chi connectivity index (χ3n) is 3.33. The fraction of sp³-hybridized carbons (Fsp3) is 0.636. The Labute approximate surface area is 133 Å². The average molecular weight is 390 g/mol. The molecule has 0 spiro atoms. The minimum atomic E-state index is -3.38. The number of rotatable bonds is 4. The molecule has 0 aliphatic carbocycles. The van der Waals surface area contributed by atoms with Gasteiger partial charge in [-0.3, -0.25) is 0 Å². The number of halogens is 2. The number of hydrogen-bond acceptors (Lipinski definition) is 4. The second-order valence-corrected chi connectivity index (χ2v) is 8.67. The molecule has 1 aromatic rings. The highest BCUT2D eigenvalue weighted by molar-refractivity contribution is 9.10. The molecular weight excluding hydrogens is 372 g/mol. The number of hydrogen-bond donors (Lipinski definition) is 2. The molecule has 110 valence electrons. The molecule has 1 aromatic heterocycles. The van der Waals surface area contributed by atoms with Gasteiger partial charge in [-0.1, -0.05) is 6.92 Å². The second kappa shape index (κ2) is 6.87. The van der Waals surface area contributed by atoms with E-state index in [-0.39, 0.29) is 17.8 Å². The van der Waals surface area contributed by atoms with E-state index in [9.17, 15) is 8.42 Å². The molecular formula is C11H18BrClN2O2S2. The normalized spacial score (nSPS) is 18.8. The third-order valence-corrected chi connectivity index (χ3v) is 7.40. The van der Waals surface area contributed by atoms with Crippen LogP contribution in [0.5, 0.6) is 0 Å². The van der Waals surface area contributed by atoms with Crippen LogP contribution in [0.2, 0.25) is 0 Å². The molecule has 19 heavy (non-hydrogen) atoms. The van der Waals surface area contributed by atoms with Crippen molar-refractivity contribution >= 4 is 49.7 Å². The highest BCUT2D eigenvalue weighted by Gasteiger charge is 2.29. The molecule has 0 amide bonds. The lowest BCUT2D eigenvalue weighted by Gasteiger charge is -2.33. The van der Waals surface area contributed by atoms with Crippen LogP contribution in [0.1, 0.15) is 19.8 Å². The molecule has 1 aliphatic heterocycles. The van der Waals surface area contributed by atoms with Crippen LogP contribution in [0.25, 0.3) is 0 Å². The van der Waals surface area contributed by atoms with Crippen molar-refractivity contribution in [1.82, 2.24) is 10.0 Å². The maximum atomic E-state index is 12.2. The fourth-order valence-corrected chi connectivity index (χ4v) is 5.59. The first-order valence-corrected chi connectivity index (χ1v) is 9.02. The van der Waals surface area contributed by atoms with Crippen LogP contribution in [0.15, 0.2) is 20.1 Å². The van der Waals surface area contributed by atoms with E-state index < -0.39 is 10.0 Å². The Balaban J connectivity index is 0.00000180. The van der Waals surface area contributed by atoms with Crippen LogP contribution in [0, 0.1) is 5.41 Å². The lowest BCUT2D eigenvalue weighted by molar-refractivity contribution is 0.232. The first-order chi connectivity index (χ1) is 8.43. The molecule has 2 heterocycles. The van der Waals surface area contributed by atoms with Crippen molar-refractivity contribution in [1.29, 1.82) is 0 Å². The van der Waals surface area contributed by atoms with Crippen LogP contribution >= 0.6 is 39.7 Å². The van der Waals surface area contributed by atoms with Gasteiger partial charge in [0.2, 0.25) is 0 Å². The van der Waals surface area contributed by atoms with Gasteiger partial charge in [0, 0.05) is 11.0 Å². The Hall–Kier alpha value is 0.340. The minimum Gasteiger partial charge on any atom is -0.317 e. The standard InChI is InChI=1S/C11H17BrN2O2S2.ClH/c1-11(3-5-13-6-4-11)8-14-18(15,16)10-9(12)2-7-17-10;/h2,7,13-14H,3-6,8H2,1H3;1H. The molecule has 0 unspecified atom stereocenters. The van der Waals surface area contributed by atoms with Gasteiger partial charge in [0.1, 0.15) is 4.21 Å². The number of piperidine rings is 1. The molecule has 0 saturated carbocycles. The van der Waals surface area contributed by atoms with Crippen LogP contribution in [0.4, 0.5) is 0 Å². The summed E-state index contributed by atoms with van der Waals surface area (Å²) in [4.78, 5) is 0. The van der Waals surface area contributed by atoms with Gasteiger partial charge in [-0.15, -0.1) is 23.7 Å². The monoisotopic (exact) mass is 388 g/mol. The molecule has 2 N–H and O–H groups in total. The summed E-state index contributed by atoms with van der Waals surface area (Å²) in [7, 11) is -3.38. The van der Waals surface area contributed by atoms with Crippen molar-refractivity contribution in [3.63, 3.8) is 0 Å². The topological polar surface area (TPSA) is 58.2 Å². The maximum absolute atomic E-state index is 12.2. The Morgan fingerprint density at radius 3 is 2.63 bits per heavy atom. The van der Waals surface area contributed by atoms with Crippen LogP contribution < -0.4 is 10.0 Å². The van der Waals surface area contributed by atoms with E-state index in [2.05, 4.69) is 32.9 Å². The smallest absolute Gasteiger partial charge is 0.251 e. The van der Waals surface area contributed by atoms with Gasteiger partial charge in [-0.25, -0.2) is 13.1 Å². The average Bonchev–Trinajstić information content (AvgIpc) is 2.75. The van der Waals surface area contributed by atoms with E-state index in [0.717, 1.165) is 25.9 Å². The van der Waals surface area contributed by atoms with Gasteiger partial charge in [0.05, 0.1) is 0 Å². The largest absolute Gasteiger partial charge is 0.317 e. The molecule has 0 atom stereocenters. The van der Waals surface area contributed by atoms with E-state index in [4.69, 9.17) is 0 Å². The van der Waals surface area contributed by atoms with E-state index in [1.807, 2.05) is 0 Å². The molecule has 2 rings (SSSR count). The Morgan fingerprint density at radius 1 is 1.47 bits per heavy atom. The van der Waals surface area contributed by atoms with Crippen molar-refractivity contribution in [2.75, 3.05) is 19.6 Å². The van der Waals surface area contributed by atoms with Crippen LogP contribution in [-0.4, -0.2) is 28.1 Å². The van der Waals surface area contributed by atoms with E-state index in [0.29, 0.717) is 15.2 Å². The minimum absolute atomic E-state index is 0.